The number of terminal acetylenes is 1. The number of rotatable bonds is 8. The Kier molecular flexibility index (Phi) is 10.1. The monoisotopic (exact) mass is 762 g/mol. The number of hydrogen-bond acceptors (Lipinski definition) is 4. The predicted molar refractivity (Wildman–Crippen MR) is 242 cm³/mol. The van der Waals surface area contributed by atoms with Crippen molar-refractivity contribution in [3.8, 4) is 12.3 Å². The van der Waals surface area contributed by atoms with E-state index in [0.717, 1.165) is 68.6 Å². The van der Waals surface area contributed by atoms with Crippen molar-refractivity contribution >= 4 is 63.3 Å². The maximum atomic E-state index is 6.39. The molecule has 4 aliphatic rings. The molecule has 5 aromatic rings. The molecule has 276 valence electrons. The van der Waals surface area contributed by atoms with Crippen molar-refractivity contribution in [3.63, 3.8) is 0 Å². The number of pyridine rings is 2. The van der Waals surface area contributed by atoms with Gasteiger partial charge in [-0.2, -0.15) is 0 Å². The highest BCUT2D eigenvalue weighted by molar-refractivity contribution is 7.13. The summed E-state index contributed by atoms with van der Waals surface area (Å²) in [6.45, 7) is 4.61. The third-order valence-electron chi connectivity index (χ3n) is 10.8. The lowest BCUT2D eigenvalue weighted by molar-refractivity contribution is 0.603. The summed E-state index contributed by atoms with van der Waals surface area (Å²) < 4.78 is 6.39. The average molecular weight is 763 g/mol. The first kappa shape index (κ1) is 36.5. The smallest absolute Gasteiger partial charge is 0.136 e. The van der Waals surface area contributed by atoms with Gasteiger partial charge in [-0.1, -0.05) is 49.4 Å². The van der Waals surface area contributed by atoms with E-state index in [-0.39, 0.29) is 0 Å². The van der Waals surface area contributed by atoms with Gasteiger partial charge in [0.1, 0.15) is 11.3 Å². The molecule has 0 bridgehead atoms. The Hall–Kier alpha value is -7.16. The highest BCUT2D eigenvalue weighted by atomic mass is 32.1. The molecule has 3 nitrogen and oxygen atoms in total. The van der Waals surface area contributed by atoms with Crippen LogP contribution in [0.15, 0.2) is 172 Å². The summed E-state index contributed by atoms with van der Waals surface area (Å²) >= 11 is 1.87. The SMILES string of the molecule is C#CC/C=C\C(=C/Cc1cccnc1)C1=C(C)c2c(sc3c2C=C=C(c2ccc4oc5c(c4c2)C=C=C(C2=CC(c4cccnc4)=C=CC=C2)C=C5)C=C=C3)CC1C. The van der Waals surface area contributed by atoms with Gasteiger partial charge < -0.3 is 4.42 Å². The van der Waals surface area contributed by atoms with Crippen LogP contribution in [0.3, 0.4) is 0 Å². The molecule has 0 amide bonds. The van der Waals surface area contributed by atoms with Gasteiger partial charge in [0.05, 0.1) is 0 Å². The summed E-state index contributed by atoms with van der Waals surface area (Å²) in [7, 11) is 0. The molecule has 0 aliphatic heterocycles. The van der Waals surface area contributed by atoms with Crippen LogP contribution in [0.4, 0.5) is 0 Å². The van der Waals surface area contributed by atoms with Crippen LogP contribution in [-0.2, 0) is 12.8 Å². The number of thiophene rings is 1. The Labute approximate surface area is 343 Å². The number of aromatic nitrogens is 2. The predicted octanol–water partition coefficient (Wildman–Crippen LogP) is 13.2. The van der Waals surface area contributed by atoms with E-state index in [1.807, 2.05) is 78.5 Å². The number of hydrogen-bond donors (Lipinski definition) is 0. The lowest BCUT2D eigenvalue weighted by Crippen LogP contribution is -2.13. The van der Waals surface area contributed by atoms with Crippen molar-refractivity contribution in [2.45, 2.75) is 33.1 Å². The molecule has 1 unspecified atom stereocenters. The fraction of sp³-hybridized carbons (Fsp3) is 0.111. The zero-order valence-corrected chi connectivity index (χ0v) is 33.2. The van der Waals surface area contributed by atoms with Crippen LogP contribution >= 0.6 is 11.3 Å². The van der Waals surface area contributed by atoms with Crippen LogP contribution < -0.4 is 0 Å². The molecule has 4 aromatic heterocycles. The zero-order valence-electron chi connectivity index (χ0n) is 32.3. The highest BCUT2D eigenvalue weighted by Gasteiger charge is 2.28. The third kappa shape index (κ3) is 7.29. The summed E-state index contributed by atoms with van der Waals surface area (Å²) in [5, 5.41) is 1.03. The molecule has 0 N–H and O–H groups in total. The molecular formula is C54H38N2OS. The first-order valence-corrected chi connectivity index (χ1v) is 20.3. The zero-order chi connectivity index (χ0) is 39.4. The lowest BCUT2D eigenvalue weighted by atomic mass is 9.78. The van der Waals surface area contributed by atoms with Gasteiger partial charge in [-0.25, -0.2) is 0 Å². The standard InChI is InChI=1S/C54H38N2OS/c1-4-5-6-13-41(20-19-38-12-10-29-55-34-38)53-36(2)31-52-54(37(53)3)47-26-22-39(16-9-18-51(47)58-52)44-24-28-50-48(33-44)46-25-21-40(23-27-49(46)57-50)42-14-7-8-15-43(32-42)45-17-11-30-56-35-45/h1,6-8,10-14,16-18,20,23-30,32-36H,5,19,31H2,2-3H3/b13-6-,41-20+. The van der Waals surface area contributed by atoms with Gasteiger partial charge in [-0.15, -0.1) is 46.6 Å². The third-order valence-corrected chi connectivity index (χ3v) is 12.0. The molecular weight excluding hydrogens is 725 g/mol. The second-order valence-corrected chi connectivity index (χ2v) is 15.7. The van der Waals surface area contributed by atoms with Gasteiger partial charge in [0.25, 0.3) is 0 Å². The number of fused-ring (bicyclic) bond motifs is 6. The summed E-state index contributed by atoms with van der Waals surface area (Å²) in [6, 6.07) is 14.4. The lowest BCUT2D eigenvalue weighted by Gasteiger charge is -2.26. The maximum absolute atomic E-state index is 6.39. The molecule has 0 spiro atoms. The van der Waals surface area contributed by atoms with Gasteiger partial charge in [0.15, 0.2) is 0 Å². The van der Waals surface area contributed by atoms with E-state index in [9.17, 15) is 0 Å². The van der Waals surface area contributed by atoms with Crippen LogP contribution in [-0.4, -0.2) is 9.97 Å². The van der Waals surface area contributed by atoms with Crippen molar-refractivity contribution in [2.75, 3.05) is 0 Å². The minimum absolute atomic E-state index is 0.354. The molecule has 4 heteroatoms. The normalized spacial score (nSPS) is 16.8. The van der Waals surface area contributed by atoms with E-state index >= 15 is 0 Å². The minimum atomic E-state index is 0.354. The molecule has 0 saturated carbocycles. The van der Waals surface area contributed by atoms with E-state index in [0.29, 0.717) is 12.3 Å². The fourth-order valence-corrected chi connectivity index (χ4v) is 9.40. The quantitative estimate of drug-likeness (QED) is 0.0898. The van der Waals surface area contributed by atoms with Crippen molar-refractivity contribution < 1.29 is 4.42 Å². The van der Waals surface area contributed by atoms with Crippen LogP contribution in [0.25, 0.3) is 52.0 Å². The Balaban J connectivity index is 1.08. The highest BCUT2D eigenvalue weighted by Crippen LogP contribution is 2.46. The Morgan fingerprint density at radius 2 is 1.79 bits per heavy atom. The van der Waals surface area contributed by atoms with Gasteiger partial charge in [0, 0.05) is 85.3 Å². The van der Waals surface area contributed by atoms with Crippen LogP contribution in [0.2, 0.25) is 0 Å². The molecule has 9 rings (SSSR count). The molecule has 58 heavy (non-hydrogen) atoms. The number of furan rings is 1. The van der Waals surface area contributed by atoms with Gasteiger partial charge in [-0.3, -0.25) is 9.97 Å². The van der Waals surface area contributed by atoms with E-state index in [1.54, 1.807) is 6.20 Å². The number of allylic oxidation sites excluding steroid dienone is 15. The first-order chi connectivity index (χ1) is 28.5. The molecule has 1 atom stereocenters. The van der Waals surface area contributed by atoms with Crippen molar-refractivity contribution in [1.29, 1.82) is 0 Å². The fourth-order valence-electron chi connectivity index (χ4n) is 8.03. The Morgan fingerprint density at radius 3 is 2.64 bits per heavy atom. The minimum Gasteiger partial charge on any atom is -0.456 e. The molecule has 4 heterocycles. The van der Waals surface area contributed by atoms with E-state index in [1.165, 1.54) is 43.2 Å². The molecule has 0 radical (unpaired) electrons. The van der Waals surface area contributed by atoms with Crippen LogP contribution in [0.1, 0.15) is 69.2 Å². The first-order valence-electron chi connectivity index (χ1n) is 19.5. The van der Waals surface area contributed by atoms with Crippen molar-refractivity contribution in [1.82, 2.24) is 9.97 Å². The topological polar surface area (TPSA) is 38.9 Å². The molecule has 1 aromatic carbocycles. The number of benzene rings is 1. The van der Waals surface area contributed by atoms with Gasteiger partial charge >= 0.3 is 0 Å². The molecule has 0 saturated heterocycles. The van der Waals surface area contributed by atoms with Crippen molar-refractivity contribution in [2.24, 2.45) is 5.92 Å². The number of nitrogens with zero attached hydrogens (tertiary/aromatic N) is 2. The summed E-state index contributed by atoms with van der Waals surface area (Å²) in [6.07, 6.45) is 42.7. The van der Waals surface area contributed by atoms with Crippen LogP contribution in [0.5, 0.6) is 0 Å². The summed E-state index contributed by atoms with van der Waals surface area (Å²) in [4.78, 5) is 11.2. The van der Waals surface area contributed by atoms with Gasteiger partial charge in [0.2, 0.25) is 0 Å². The average Bonchev–Trinajstić information content (AvgIpc) is 3.52. The largest absolute Gasteiger partial charge is 0.456 e. The van der Waals surface area contributed by atoms with Crippen LogP contribution in [0, 0.1) is 18.3 Å². The van der Waals surface area contributed by atoms with E-state index < -0.39 is 0 Å². The van der Waals surface area contributed by atoms with E-state index in [2.05, 4.69) is 126 Å². The van der Waals surface area contributed by atoms with Gasteiger partial charge in [-0.05, 0) is 138 Å². The van der Waals surface area contributed by atoms with E-state index in [4.69, 9.17) is 10.8 Å². The second-order valence-electron chi connectivity index (χ2n) is 14.6. The summed E-state index contributed by atoms with van der Waals surface area (Å²) in [5.41, 5.74) is 29.5. The summed E-state index contributed by atoms with van der Waals surface area (Å²) in [5.74, 6) is 3.92. The molecule has 0 fully saturated rings. The Morgan fingerprint density at radius 1 is 0.931 bits per heavy atom. The van der Waals surface area contributed by atoms with Crippen molar-refractivity contribution in [3.05, 3.63) is 216 Å². The Bertz CT molecular complexity index is 3020. The molecule has 4 aliphatic carbocycles. The maximum Gasteiger partial charge on any atom is 0.136 e. The second kappa shape index (κ2) is 16.1.